The van der Waals surface area contributed by atoms with E-state index < -0.39 is 18.0 Å². The van der Waals surface area contributed by atoms with Gasteiger partial charge in [0.1, 0.15) is 23.8 Å². The Hall–Kier alpha value is -4.60. The lowest BCUT2D eigenvalue weighted by atomic mass is 9.99. The summed E-state index contributed by atoms with van der Waals surface area (Å²) in [6.45, 7) is 4.36. The van der Waals surface area contributed by atoms with Gasteiger partial charge in [0.25, 0.3) is 17.7 Å². The summed E-state index contributed by atoms with van der Waals surface area (Å²) in [5.41, 5.74) is 6.46. The zero-order valence-electron chi connectivity index (χ0n) is 21.4. The maximum atomic E-state index is 13.0. The predicted molar refractivity (Wildman–Crippen MR) is 138 cm³/mol. The number of rotatable bonds is 6. The Morgan fingerprint density at radius 1 is 1.05 bits per heavy atom. The van der Waals surface area contributed by atoms with Gasteiger partial charge in [-0.1, -0.05) is 36.4 Å². The van der Waals surface area contributed by atoms with Crippen LogP contribution >= 0.6 is 0 Å². The number of benzene rings is 2. The van der Waals surface area contributed by atoms with Crippen LogP contribution in [0.15, 0.2) is 48.8 Å². The van der Waals surface area contributed by atoms with Crippen LogP contribution in [-0.2, 0) is 17.8 Å². The van der Waals surface area contributed by atoms with Crippen molar-refractivity contribution >= 4 is 23.8 Å². The van der Waals surface area contributed by atoms with Gasteiger partial charge in [0.2, 0.25) is 0 Å². The van der Waals surface area contributed by atoms with E-state index in [1.807, 2.05) is 0 Å². The van der Waals surface area contributed by atoms with Crippen molar-refractivity contribution in [2.45, 2.75) is 45.3 Å². The molecular formula is C28H28N6O4. The Balaban J connectivity index is 1.23. The van der Waals surface area contributed by atoms with Crippen molar-refractivity contribution in [3.05, 3.63) is 93.6 Å². The van der Waals surface area contributed by atoms with Crippen LogP contribution in [-0.4, -0.2) is 45.7 Å². The third-order valence-electron chi connectivity index (χ3n) is 7.29. The molecule has 1 aromatic heterocycles. The highest BCUT2D eigenvalue weighted by molar-refractivity contribution is 6.04. The number of fused-ring (bicyclic) bond motifs is 1. The molecule has 1 aliphatic heterocycles. The molecule has 2 heterocycles. The highest BCUT2D eigenvalue weighted by Gasteiger charge is 2.36. The van der Waals surface area contributed by atoms with Gasteiger partial charge in [0.15, 0.2) is 0 Å². The fourth-order valence-corrected chi connectivity index (χ4v) is 4.94. The van der Waals surface area contributed by atoms with Crippen LogP contribution in [0.1, 0.15) is 72.9 Å². The summed E-state index contributed by atoms with van der Waals surface area (Å²) in [5.74, 6) is -1.16. The predicted octanol–water partition coefficient (Wildman–Crippen LogP) is 2.66. The van der Waals surface area contributed by atoms with Gasteiger partial charge in [-0.25, -0.2) is 14.8 Å². The van der Waals surface area contributed by atoms with Crippen LogP contribution < -0.4 is 16.0 Å². The smallest absolute Gasteiger partial charge is 0.324 e. The number of aromatic nitrogens is 2. The first kappa shape index (κ1) is 25.1. The fourth-order valence-electron chi connectivity index (χ4n) is 4.94. The third-order valence-corrected chi connectivity index (χ3v) is 7.29. The number of hydrogen-bond acceptors (Lipinski definition) is 6. The average Bonchev–Trinajstić information content (AvgIpc) is 3.45. The van der Waals surface area contributed by atoms with Crippen LogP contribution in [0.4, 0.5) is 4.79 Å². The molecule has 10 heteroatoms. The molecule has 194 valence electrons. The first-order valence-electron chi connectivity index (χ1n) is 12.4. The number of urea groups is 1. The molecular weight excluding hydrogens is 484 g/mol. The van der Waals surface area contributed by atoms with Crippen molar-refractivity contribution in [2.24, 2.45) is 0 Å². The normalized spacial score (nSPS) is 18.2. The van der Waals surface area contributed by atoms with Gasteiger partial charge < -0.3 is 16.0 Å². The van der Waals surface area contributed by atoms with E-state index >= 15 is 0 Å². The minimum Gasteiger partial charge on any atom is -0.347 e. The Labute approximate surface area is 219 Å². The van der Waals surface area contributed by atoms with Gasteiger partial charge in [-0.15, -0.1) is 0 Å². The number of nitrogens with zero attached hydrogens (tertiary/aromatic N) is 3. The quantitative estimate of drug-likeness (QED) is 0.435. The van der Waals surface area contributed by atoms with E-state index in [2.05, 4.69) is 51.9 Å². The van der Waals surface area contributed by atoms with Gasteiger partial charge in [-0.3, -0.25) is 19.3 Å². The van der Waals surface area contributed by atoms with Gasteiger partial charge in [0.05, 0.1) is 6.04 Å². The van der Waals surface area contributed by atoms with Gasteiger partial charge in [0, 0.05) is 19.7 Å². The van der Waals surface area contributed by atoms with Crippen LogP contribution in [0, 0.1) is 13.8 Å². The number of carbonyl (C=O) groups is 4. The van der Waals surface area contributed by atoms with Crippen molar-refractivity contribution in [3.63, 3.8) is 0 Å². The molecule has 2 aromatic carbocycles. The minimum absolute atomic E-state index is 0.0689. The molecule has 5 rings (SSSR count). The number of hydrogen-bond donors (Lipinski definition) is 3. The summed E-state index contributed by atoms with van der Waals surface area (Å²) in [5, 5.41) is 8.46. The molecule has 1 saturated heterocycles. The van der Waals surface area contributed by atoms with Crippen molar-refractivity contribution in [1.29, 1.82) is 0 Å². The van der Waals surface area contributed by atoms with E-state index in [1.165, 1.54) is 36.1 Å². The molecule has 0 saturated carbocycles. The molecule has 5 amide bonds. The molecule has 1 aliphatic carbocycles. The molecule has 1 unspecified atom stereocenters. The van der Waals surface area contributed by atoms with Crippen LogP contribution in [0.5, 0.6) is 0 Å². The second-order valence-corrected chi connectivity index (χ2v) is 9.64. The van der Waals surface area contributed by atoms with Crippen LogP contribution in [0.3, 0.4) is 0 Å². The van der Waals surface area contributed by atoms with Crippen molar-refractivity contribution in [1.82, 2.24) is 30.8 Å². The topological polar surface area (TPSA) is 133 Å². The molecule has 3 N–H and O–H groups in total. The van der Waals surface area contributed by atoms with E-state index in [0.717, 1.165) is 28.9 Å². The first-order valence-corrected chi connectivity index (χ1v) is 12.4. The lowest BCUT2D eigenvalue weighted by Crippen LogP contribution is -2.29. The zero-order chi connectivity index (χ0) is 27.0. The number of imide groups is 1. The molecule has 0 bridgehead atoms. The van der Waals surface area contributed by atoms with E-state index in [4.69, 9.17) is 0 Å². The summed E-state index contributed by atoms with van der Waals surface area (Å²) >= 11 is 0. The van der Waals surface area contributed by atoms with Crippen molar-refractivity contribution in [2.75, 3.05) is 7.05 Å². The van der Waals surface area contributed by atoms with Gasteiger partial charge in [-0.05, 0) is 60.1 Å². The van der Waals surface area contributed by atoms with E-state index in [1.54, 1.807) is 24.3 Å². The number of aryl methyl sites for hydroxylation is 1. The Morgan fingerprint density at radius 2 is 1.82 bits per heavy atom. The lowest BCUT2D eigenvalue weighted by Gasteiger charge is -2.15. The van der Waals surface area contributed by atoms with Crippen molar-refractivity contribution in [3.8, 4) is 0 Å². The maximum absolute atomic E-state index is 13.0. The number of carbonyl (C=O) groups excluding carboxylic acids is 4. The molecule has 0 spiro atoms. The number of nitrogens with one attached hydrogen (secondary N) is 3. The zero-order valence-corrected chi connectivity index (χ0v) is 21.4. The van der Waals surface area contributed by atoms with E-state index in [0.29, 0.717) is 5.56 Å². The minimum atomic E-state index is -0.758. The molecule has 3 aromatic rings. The van der Waals surface area contributed by atoms with Crippen LogP contribution in [0.2, 0.25) is 0 Å². The first-order chi connectivity index (χ1) is 18.2. The van der Waals surface area contributed by atoms with Crippen molar-refractivity contribution < 1.29 is 19.2 Å². The number of likely N-dealkylation sites (N-methyl/N-ethyl adjacent to an activating group) is 1. The Bertz CT molecular complexity index is 1470. The van der Waals surface area contributed by atoms with Gasteiger partial charge in [-0.2, -0.15) is 0 Å². The van der Waals surface area contributed by atoms with E-state index in [-0.39, 0.29) is 35.8 Å². The molecule has 0 radical (unpaired) electrons. The molecule has 38 heavy (non-hydrogen) atoms. The third kappa shape index (κ3) is 4.72. The Morgan fingerprint density at radius 3 is 2.55 bits per heavy atom. The average molecular weight is 513 g/mol. The molecule has 10 nitrogen and oxygen atoms in total. The maximum Gasteiger partial charge on any atom is 0.324 e. The largest absolute Gasteiger partial charge is 0.347 e. The summed E-state index contributed by atoms with van der Waals surface area (Å²) < 4.78 is 0. The Kier molecular flexibility index (Phi) is 6.62. The lowest BCUT2D eigenvalue weighted by molar-refractivity contribution is -0.126. The molecule has 2 aliphatic rings. The molecule has 1 fully saturated rings. The summed E-state index contributed by atoms with van der Waals surface area (Å²) in [6.07, 6.45) is 2.92. The summed E-state index contributed by atoms with van der Waals surface area (Å²) in [6, 6.07) is 11.3. The second-order valence-electron chi connectivity index (χ2n) is 9.64. The second kappa shape index (κ2) is 10.0. The summed E-state index contributed by atoms with van der Waals surface area (Å²) in [7, 11) is 1.42. The SMILES string of the molecule is Cc1ccc2c(c1C)CC[C@@H]2NC(=O)c1cc(C(=O)NCc2cccc(C3NC(=O)N(C)C3=O)c2)ncn1. The molecule has 2 atom stereocenters. The van der Waals surface area contributed by atoms with Gasteiger partial charge >= 0.3 is 6.03 Å². The standard InChI is InChI=1S/C28H28N6O4/c1-15-7-8-20-19(16(15)2)9-10-21(20)32-26(36)23-12-22(30-14-31-23)25(35)29-13-17-5-4-6-18(11-17)24-27(37)34(3)28(38)33-24/h4-8,11-12,14,21,24H,9-10,13H2,1-3H3,(H,29,35)(H,32,36)(H,33,38)/t21-,24?/m0/s1. The highest BCUT2D eigenvalue weighted by atomic mass is 16.2. The monoisotopic (exact) mass is 512 g/mol. The number of amides is 5. The van der Waals surface area contributed by atoms with E-state index in [9.17, 15) is 19.2 Å². The van der Waals surface area contributed by atoms with Crippen LogP contribution in [0.25, 0.3) is 0 Å². The fraction of sp³-hybridized carbons (Fsp3) is 0.286. The summed E-state index contributed by atoms with van der Waals surface area (Å²) in [4.78, 5) is 59.0. The highest BCUT2D eigenvalue weighted by Crippen LogP contribution is 2.34.